The highest BCUT2D eigenvalue weighted by molar-refractivity contribution is 5.61. The van der Waals surface area contributed by atoms with Crippen molar-refractivity contribution in [1.82, 2.24) is 14.8 Å². The molecule has 0 aliphatic heterocycles. The first kappa shape index (κ1) is 18.0. The molecule has 1 fully saturated rings. The van der Waals surface area contributed by atoms with Crippen LogP contribution in [-0.4, -0.2) is 14.8 Å². The summed E-state index contributed by atoms with van der Waals surface area (Å²) in [6, 6.07) is 17.4. The van der Waals surface area contributed by atoms with Crippen LogP contribution in [0.2, 0.25) is 0 Å². The standard InChI is InChI=1S/C24H29N3/c1-17(2)20-13-9-14-21(16-20)24-26-25-23(19-11-5-4-6-12-19)27(24)22-15-8-7-10-18(22)3/h7-10,13-17,19H,4-6,11-12H2,1-3H3. The normalized spacial score (nSPS) is 15.4. The molecule has 0 radical (unpaired) electrons. The molecule has 1 aromatic heterocycles. The van der Waals surface area contributed by atoms with Crippen molar-refractivity contribution in [3.8, 4) is 17.1 Å². The van der Waals surface area contributed by atoms with Gasteiger partial charge >= 0.3 is 0 Å². The van der Waals surface area contributed by atoms with Crippen LogP contribution >= 0.6 is 0 Å². The van der Waals surface area contributed by atoms with Crippen molar-refractivity contribution in [2.45, 2.75) is 64.7 Å². The van der Waals surface area contributed by atoms with Gasteiger partial charge in [0.2, 0.25) is 0 Å². The lowest BCUT2D eigenvalue weighted by Crippen LogP contribution is -2.12. The van der Waals surface area contributed by atoms with Crippen LogP contribution < -0.4 is 0 Å². The molecular formula is C24H29N3. The highest BCUT2D eigenvalue weighted by atomic mass is 15.3. The van der Waals surface area contributed by atoms with Gasteiger partial charge in [-0.3, -0.25) is 4.57 Å². The fourth-order valence-corrected chi connectivity index (χ4v) is 4.20. The third kappa shape index (κ3) is 3.55. The fraction of sp³-hybridized carbons (Fsp3) is 0.417. The third-order valence-corrected chi connectivity index (χ3v) is 5.83. The molecular weight excluding hydrogens is 330 g/mol. The summed E-state index contributed by atoms with van der Waals surface area (Å²) in [4.78, 5) is 0. The lowest BCUT2D eigenvalue weighted by molar-refractivity contribution is 0.424. The molecule has 1 saturated carbocycles. The van der Waals surface area contributed by atoms with Crippen molar-refractivity contribution >= 4 is 0 Å². The van der Waals surface area contributed by atoms with E-state index in [-0.39, 0.29) is 0 Å². The summed E-state index contributed by atoms with van der Waals surface area (Å²) >= 11 is 0. The van der Waals surface area contributed by atoms with Crippen LogP contribution in [0.5, 0.6) is 0 Å². The van der Waals surface area contributed by atoms with Gasteiger partial charge in [-0.2, -0.15) is 0 Å². The second-order valence-electron chi connectivity index (χ2n) is 8.12. The van der Waals surface area contributed by atoms with Gasteiger partial charge in [-0.05, 0) is 48.9 Å². The van der Waals surface area contributed by atoms with Crippen molar-refractivity contribution < 1.29 is 0 Å². The molecule has 3 heteroatoms. The number of aromatic nitrogens is 3. The van der Waals surface area contributed by atoms with Gasteiger partial charge in [0.1, 0.15) is 5.82 Å². The Balaban J connectivity index is 1.88. The Morgan fingerprint density at radius 3 is 2.44 bits per heavy atom. The van der Waals surface area contributed by atoms with E-state index in [4.69, 9.17) is 10.2 Å². The molecule has 140 valence electrons. The predicted molar refractivity (Wildman–Crippen MR) is 111 cm³/mol. The molecule has 0 atom stereocenters. The molecule has 1 aliphatic carbocycles. The molecule has 0 N–H and O–H groups in total. The van der Waals surface area contributed by atoms with Crippen molar-refractivity contribution in [3.05, 3.63) is 65.5 Å². The monoisotopic (exact) mass is 359 g/mol. The molecule has 1 heterocycles. The molecule has 2 aromatic carbocycles. The number of aryl methyl sites for hydroxylation is 1. The predicted octanol–water partition coefficient (Wildman–Crippen LogP) is 6.41. The van der Waals surface area contributed by atoms with Crippen LogP contribution in [0.4, 0.5) is 0 Å². The van der Waals surface area contributed by atoms with E-state index < -0.39 is 0 Å². The van der Waals surface area contributed by atoms with Crippen LogP contribution in [-0.2, 0) is 0 Å². The van der Waals surface area contributed by atoms with Gasteiger partial charge in [0, 0.05) is 11.5 Å². The zero-order valence-electron chi connectivity index (χ0n) is 16.7. The molecule has 1 aliphatic rings. The molecule has 3 aromatic rings. The van der Waals surface area contributed by atoms with Gasteiger partial charge in [0.25, 0.3) is 0 Å². The Morgan fingerprint density at radius 1 is 0.926 bits per heavy atom. The lowest BCUT2D eigenvalue weighted by atomic mass is 9.88. The highest BCUT2D eigenvalue weighted by Crippen LogP contribution is 2.36. The number of benzene rings is 2. The molecule has 0 amide bonds. The van der Waals surface area contributed by atoms with Crippen LogP contribution in [0.1, 0.15) is 74.7 Å². The average molecular weight is 360 g/mol. The Hall–Kier alpha value is -2.42. The zero-order chi connectivity index (χ0) is 18.8. The topological polar surface area (TPSA) is 30.7 Å². The van der Waals surface area contributed by atoms with Crippen LogP contribution in [0, 0.1) is 6.92 Å². The van der Waals surface area contributed by atoms with E-state index in [1.54, 1.807) is 0 Å². The van der Waals surface area contributed by atoms with E-state index in [9.17, 15) is 0 Å². The number of nitrogens with zero attached hydrogens (tertiary/aromatic N) is 3. The minimum absolute atomic E-state index is 0.498. The first-order chi connectivity index (χ1) is 13.1. The number of hydrogen-bond donors (Lipinski definition) is 0. The fourth-order valence-electron chi connectivity index (χ4n) is 4.20. The number of rotatable bonds is 4. The van der Waals surface area contributed by atoms with E-state index in [0.717, 1.165) is 17.2 Å². The molecule has 0 saturated heterocycles. The molecule has 4 rings (SSSR count). The van der Waals surface area contributed by atoms with E-state index in [0.29, 0.717) is 11.8 Å². The van der Waals surface area contributed by atoms with E-state index >= 15 is 0 Å². The maximum atomic E-state index is 4.72. The molecule has 0 spiro atoms. The largest absolute Gasteiger partial charge is 0.279 e. The molecule has 0 bridgehead atoms. The van der Waals surface area contributed by atoms with Crippen LogP contribution in [0.3, 0.4) is 0 Å². The summed E-state index contributed by atoms with van der Waals surface area (Å²) in [6.07, 6.45) is 6.37. The summed E-state index contributed by atoms with van der Waals surface area (Å²) in [5, 5.41) is 9.41. The summed E-state index contributed by atoms with van der Waals surface area (Å²) < 4.78 is 2.32. The summed E-state index contributed by atoms with van der Waals surface area (Å²) in [7, 11) is 0. The average Bonchev–Trinajstić information content (AvgIpc) is 3.14. The van der Waals surface area contributed by atoms with Gasteiger partial charge in [-0.1, -0.05) is 69.5 Å². The summed E-state index contributed by atoms with van der Waals surface area (Å²) in [6.45, 7) is 6.64. The Bertz CT molecular complexity index is 917. The van der Waals surface area contributed by atoms with Crippen molar-refractivity contribution in [2.24, 2.45) is 0 Å². The first-order valence-electron chi connectivity index (χ1n) is 10.3. The van der Waals surface area contributed by atoms with E-state index in [1.807, 2.05) is 0 Å². The Morgan fingerprint density at radius 2 is 1.70 bits per heavy atom. The smallest absolute Gasteiger partial charge is 0.168 e. The van der Waals surface area contributed by atoms with Crippen molar-refractivity contribution in [2.75, 3.05) is 0 Å². The number of hydrogen-bond acceptors (Lipinski definition) is 2. The SMILES string of the molecule is Cc1ccccc1-n1c(-c2cccc(C(C)C)c2)nnc1C1CCCCC1. The van der Waals surface area contributed by atoms with Crippen LogP contribution in [0.15, 0.2) is 48.5 Å². The second kappa shape index (κ2) is 7.67. The lowest BCUT2D eigenvalue weighted by Gasteiger charge is -2.23. The van der Waals surface area contributed by atoms with Gasteiger partial charge < -0.3 is 0 Å². The molecule has 27 heavy (non-hydrogen) atoms. The maximum Gasteiger partial charge on any atom is 0.168 e. The Labute approximate surface area is 162 Å². The van der Waals surface area contributed by atoms with Crippen molar-refractivity contribution in [3.63, 3.8) is 0 Å². The minimum atomic E-state index is 0.498. The maximum absolute atomic E-state index is 4.72. The van der Waals surface area contributed by atoms with Gasteiger partial charge in [-0.25, -0.2) is 0 Å². The highest BCUT2D eigenvalue weighted by Gasteiger charge is 2.25. The minimum Gasteiger partial charge on any atom is -0.279 e. The van der Waals surface area contributed by atoms with E-state index in [1.165, 1.54) is 48.9 Å². The molecule has 0 unspecified atom stereocenters. The third-order valence-electron chi connectivity index (χ3n) is 5.83. The summed E-state index contributed by atoms with van der Waals surface area (Å²) in [5.41, 5.74) is 4.95. The van der Waals surface area contributed by atoms with Gasteiger partial charge in [0.05, 0.1) is 5.69 Å². The Kier molecular flexibility index (Phi) is 5.11. The first-order valence-corrected chi connectivity index (χ1v) is 10.3. The van der Waals surface area contributed by atoms with E-state index in [2.05, 4.69) is 73.9 Å². The quantitative estimate of drug-likeness (QED) is 0.538. The number of para-hydroxylation sites is 1. The zero-order valence-corrected chi connectivity index (χ0v) is 16.7. The molecule has 3 nitrogen and oxygen atoms in total. The van der Waals surface area contributed by atoms with Gasteiger partial charge in [-0.15, -0.1) is 10.2 Å². The summed E-state index contributed by atoms with van der Waals surface area (Å²) in [5.74, 6) is 3.10. The van der Waals surface area contributed by atoms with Crippen LogP contribution in [0.25, 0.3) is 17.1 Å². The van der Waals surface area contributed by atoms with Gasteiger partial charge in [0.15, 0.2) is 5.82 Å². The van der Waals surface area contributed by atoms with Crippen molar-refractivity contribution in [1.29, 1.82) is 0 Å². The second-order valence-corrected chi connectivity index (χ2v) is 8.12.